The zero-order valence-corrected chi connectivity index (χ0v) is 6.24. The fourth-order valence-electron chi connectivity index (χ4n) is 0.726. The Morgan fingerprint density at radius 1 is 1.25 bits per heavy atom. The Balaban J connectivity index is 0.00000121. The summed E-state index contributed by atoms with van der Waals surface area (Å²) in [5, 5.41) is 0. The summed E-state index contributed by atoms with van der Waals surface area (Å²) < 4.78 is 11.7. The molecule has 0 radical (unpaired) electrons. The molecule has 64 valence electrons. The van der Waals surface area contributed by atoms with E-state index < -0.39 is 6.04 Å². The lowest BCUT2D eigenvalue weighted by Gasteiger charge is -1.87. The van der Waals surface area contributed by atoms with Crippen LogP contribution in [0, 0.1) is 0 Å². The van der Waals surface area contributed by atoms with E-state index in [0.29, 0.717) is 0 Å². The van der Waals surface area contributed by atoms with Gasteiger partial charge in [-0.15, -0.1) is 0 Å². The van der Waals surface area contributed by atoms with Crippen molar-refractivity contribution in [1.82, 2.24) is 0 Å². The average Bonchev–Trinajstić information content (AvgIpc) is 2.03. The van der Waals surface area contributed by atoms with E-state index in [2.05, 4.69) is 0 Å². The maximum atomic E-state index is 11.7. The zero-order valence-electron chi connectivity index (χ0n) is 6.24. The van der Waals surface area contributed by atoms with Gasteiger partial charge in [0.2, 0.25) is 0 Å². The topological polar surface area (TPSA) is 17.1 Å². The first-order chi connectivity index (χ1) is 5.29. The predicted octanol–water partition coefficient (Wildman–Crippen LogP) is 2.35. The van der Waals surface area contributed by atoms with Crippen LogP contribution in [0.4, 0.5) is 9.09 Å². The number of carbonyl (C=O) groups is 1. The van der Waals surface area contributed by atoms with Crippen molar-refractivity contribution >= 4 is 12.1 Å². The first-order valence-electron chi connectivity index (χ1n) is 3.21. The van der Waals surface area contributed by atoms with Gasteiger partial charge in [0.15, 0.2) is 0 Å². The predicted molar refractivity (Wildman–Crippen MR) is 44.1 cm³/mol. The van der Waals surface area contributed by atoms with Crippen molar-refractivity contribution in [1.29, 1.82) is 0 Å². The largest absolute Gasteiger partial charge is 0.324 e. The molecule has 0 saturated heterocycles. The van der Waals surface area contributed by atoms with Crippen LogP contribution in [0.15, 0.2) is 36.4 Å². The SMILES string of the molecule is F.O=C(F)C=Cc1ccccc1. The monoisotopic (exact) mass is 170 g/mol. The van der Waals surface area contributed by atoms with Crippen LogP contribution in [-0.2, 0) is 4.79 Å². The highest BCUT2D eigenvalue weighted by Crippen LogP contribution is 2.00. The van der Waals surface area contributed by atoms with Gasteiger partial charge in [-0.3, -0.25) is 9.50 Å². The second kappa shape index (κ2) is 5.18. The molecule has 0 atom stereocenters. The molecule has 0 bridgehead atoms. The third kappa shape index (κ3) is 3.61. The van der Waals surface area contributed by atoms with E-state index in [1.807, 2.05) is 18.2 Å². The molecule has 0 N–H and O–H groups in total. The number of benzene rings is 1. The molecule has 0 aliphatic rings. The molecule has 0 aromatic heterocycles. The van der Waals surface area contributed by atoms with E-state index in [9.17, 15) is 9.18 Å². The molecular formula is C9H8F2O. The molecule has 1 nitrogen and oxygen atoms in total. The van der Waals surface area contributed by atoms with Crippen LogP contribution in [0.1, 0.15) is 5.56 Å². The van der Waals surface area contributed by atoms with Crippen LogP contribution >= 0.6 is 0 Å². The smallest absolute Gasteiger partial charge is 0.269 e. The van der Waals surface area contributed by atoms with Crippen LogP contribution in [-0.4, -0.2) is 6.04 Å². The van der Waals surface area contributed by atoms with Gasteiger partial charge in [0.1, 0.15) is 0 Å². The number of carbonyl (C=O) groups excluding carboxylic acids is 1. The maximum absolute atomic E-state index is 11.7. The quantitative estimate of drug-likeness (QED) is 0.491. The minimum atomic E-state index is -1.42. The van der Waals surface area contributed by atoms with E-state index in [1.54, 1.807) is 12.1 Å². The van der Waals surface area contributed by atoms with Crippen LogP contribution in [0.3, 0.4) is 0 Å². The average molecular weight is 170 g/mol. The summed E-state index contributed by atoms with van der Waals surface area (Å²) in [6, 6.07) is 7.66. The summed E-state index contributed by atoms with van der Waals surface area (Å²) in [4.78, 5) is 9.86. The Kier molecular flexibility index (Phi) is 4.53. The van der Waals surface area contributed by atoms with Gasteiger partial charge in [-0.2, -0.15) is 4.39 Å². The lowest BCUT2D eigenvalue weighted by atomic mass is 10.2. The molecule has 0 spiro atoms. The molecule has 1 aromatic rings. The molecule has 3 heteroatoms. The summed E-state index contributed by atoms with van der Waals surface area (Å²) in [6.07, 6.45) is 2.33. The molecular weight excluding hydrogens is 162 g/mol. The summed E-state index contributed by atoms with van der Waals surface area (Å²) in [7, 11) is 0. The van der Waals surface area contributed by atoms with Crippen molar-refractivity contribution in [2.24, 2.45) is 0 Å². The summed E-state index contributed by atoms with van der Waals surface area (Å²) in [5.41, 5.74) is 0.818. The number of allylic oxidation sites excluding steroid dienone is 1. The highest BCUT2D eigenvalue weighted by atomic mass is 19.1. The van der Waals surface area contributed by atoms with Crippen LogP contribution < -0.4 is 0 Å². The van der Waals surface area contributed by atoms with Gasteiger partial charge in [-0.25, -0.2) is 0 Å². The Morgan fingerprint density at radius 3 is 2.33 bits per heavy atom. The fourth-order valence-corrected chi connectivity index (χ4v) is 0.726. The Bertz CT molecular complexity index is 267. The number of halogens is 2. The Morgan fingerprint density at radius 2 is 1.83 bits per heavy atom. The van der Waals surface area contributed by atoms with Crippen LogP contribution in [0.25, 0.3) is 6.08 Å². The van der Waals surface area contributed by atoms with Crippen molar-refractivity contribution in [2.45, 2.75) is 0 Å². The van der Waals surface area contributed by atoms with Crippen molar-refractivity contribution < 1.29 is 13.9 Å². The highest BCUT2D eigenvalue weighted by molar-refractivity contribution is 5.85. The van der Waals surface area contributed by atoms with Gasteiger partial charge in [-0.1, -0.05) is 30.3 Å². The number of rotatable bonds is 2. The molecule has 1 aromatic carbocycles. The standard InChI is InChI=1S/C9H7FO.FH/c10-9(11)7-6-8-4-2-1-3-5-8;/h1-7H;1H. The molecule has 12 heavy (non-hydrogen) atoms. The summed E-state index contributed by atoms with van der Waals surface area (Å²) >= 11 is 0. The fraction of sp³-hybridized carbons (Fsp3) is 0. The Hall–Kier alpha value is -1.51. The molecule has 0 unspecified atom stereocenters. The van der Waals surface area contributed by atoms with Gasteiger partial charge in [0, 0.05) is 6.08 Å². The van der Waals surface area contributed by atoms with Gasteiger partial charge >= 0.3 is 6.04 Å². The highest BCUT2D eigenvalue weighted by Gasteiger charge is 1.87. The summed E-state index contributed by atoms with van der Waals surface area (Å²) in [5.74, 6) is 0. The van der Waals surface area contributed by atoms with Crippen LogP contribution in [0.5, 0.6) is 0 Å². The van der Waals surface area contributed by atoms with Crippen LogP contribution in [0.2, 0.25) is 0 Å². The molecule has 0 fully saturated rings. The third-order valence-electron chi connectivity index (χ3n) is 1.21. The normalized spacial score (nSPS) is 9.42. The van der Waals surface area contributed by atoms with Crippen molar-refractivity contribution in [3.05, 3.63) is 42.0 Å². The lowest BCUT2D eigenvalue weighted by Crippen LogP contribution is -1.76. The molecule has 1 rings (SSSR count). The van der Waals surface area contributed by atoms with Gasteiger partial charge in [-0.05, 0) is 11.6 Å². The first-order valence-corrected chi connectivity index (χ1v) is 3.21. The minimum absolute atomic E-state index is 0. The lowest BCUT2D eigenvalue weighted by molar-refractivity contribution is -0.124. The van der Waals surface area contributed by atoms with Crippen molar-refractivity contribution in [2.75, 3.05) is 0 Å². The van der Waals surface area contributed by atoms with Gasteiger partial charge in [0.05, 0.1) is 0 Å². The second-order valence-electron chi connectivity index (χ2n) is 2.05. The van der Waals surface area contributed by atoms with E-state index in [4.69, 9.17) is 0 Å². The molecule has 0 heterocycles. The number of hydrogen-bond donors (Lipinski definition) is 0. The minimum Gasteiger partial charge on any atom is -0.269 e. The second-order valence-corrected chi connectivity index (χ2v) is 2.05. The molecule has 0 aliphatic carbocycles. The summed E-state index contributed by atoms with van der Waals surface area (Å²) in [6.45, 7) is 0. The molecule has 0 aliphatic heterocycles. The molecule has 0 saturated carbocycles. The first kappa shape index (κ1) is 10.5. The zero-order chi connectivity index (χ0) is 8.10. The van der Waals surface area contributed by atoms with Gasteiger partial charge < -0.3 is 0 Å². The van der Waals surface area contributed by atoms with E-state index in [1.165, 1.54) is 6.08 Å². The van der Waals surface area contributed by atoms with E-state index in [0.717, 1.165) is 11.6 Å². The molecule has 0 amide bonds. The third-order valence-corrected chi connectivity index (χ3v) is 1.21. The van der Waals surface area contributed by atoms with E-state index >= 15 is 0 Å². The van der Waals surface area contributed by atoms with E-state index in [-0.39, 0.29) is 4.70 Å². The van der Waals surface area contributed by atoms with Crippen molar-refractivity contribution in [3.8, 4) is 0 Å². The number of hydrogen-bond acceptors (Lipinski definition) is 1. The van der Waals surface area contributed by atoms with Gasteiger partial charge in [0.25, 0.3) is 0 Å². The maximum Gasteiger partial charge on any atom is 0.324 e. The van der Waals surface area contributed by atoms with Crippen molar-refractivity contribution in [3.63, 3.8) is 0 Å². The Labute approximate surface area is 68.9 Å².